The summed E-state index contributed by atoms with van der Waals surface area (Å²) < 4.78 is 0. The van der Waals surface area contributed by atoms with Crippen LogP contribution in [0.1, 0.15) is 38.3 Å². The second kappa shape index (κ2) is 6.86. The molecule has 0 spiro atoms. The largest absolute Gasteiger partial charge is 0.481 e. The number of H-pyrrole nitrogens is 1. The standard InChI is InChI=1S/C12H20N4O3/c1-7(2)9(6-12(18)19)14-11(17)5-4-10-13-8(3)15-16-10/h7,9H,4-6H2,1-3H3,(H,14,17)(H,18,19)(H,13,15,16). The molecular weight excluding hydrogens is 248 g/mol. The third-order valence-corrected chi connectivity index (χ3v) is 2.76. The Morgan fingerprint density at radius 1 is 1.42 bits per heavy atom. The summed E-state index contributed by atoms with van der Waals surface area (Å²) in [5, 5.41) is 18.2. The fourth-order valence-electron chi connectivity index (χ4n) is 1.65. The number of hydrogen-bond acceptors (Lipinski definition) is 4. The number of nitrogens with zero attached hydrogens (tertiary/aromatic N) is 2. The van der Waals surface area contributed by atoms with Crippen LogP contribution in [-0.4, -0.2) is 38.2 Å². The van der Waals surface area contributed by atoms with Gasteiger partial charge < -0.3 is 10.4 Å². The molecule has 1 aromatic heterocycles. The van der Waals surface area contributed by atoms with Gasteiger partial charge in [0.2, 0.25) is 5.91 Å². The van der Waals surface area contributed by atoms with Crippen molar-refractivity contribution in [3.05, 3.63) is 11.6 Å². The lowest BCUT2D eigenvalue weighted by Gasteiger charge is -2.20. The molecule has 0 aliphatic rings. The zero-order valence-electron chi connectivity index (χ0n) is 11.4. The molecule has 106 valence electrons. The van der Waals surface area contributed by atoms with E-state index in [1.165, 1.54) is 0 Å². The van der Waals surface area contributed by atoms with Gasteiger partial charge in [-0.15, -0.1) is 0 Å². The summed E-state index contributed by atoms with van der Waals surface area (Å²) in [6, 6.07) is -0.348. The number of amides is 1. The van der Waals surface area contributed by atoms with Crippen molar-refractivity contribution in [2.24, 2.45) is 5.92 Å². The van der Waals surface area contributed by atoms with Crippen LogP contribution in [0.25, 0.3) is 0 Å². The van der Waals surface area contributed by atoms with E-state index in [9.17, 15) is 9.59 Å². The number of carbonyl (C=O) groups excluding carboxylic acids is 1. The number of carbonyl (C=O) groups is 2. The lowest BCUT2D eigenvalue weighted by molar-refractivity contribution is -0.138. The first-order valence-electron chi connectivity index (χ1n) is 6.27. The van der Waals surface area contributed by atoms with E-state index in [4.69, 9.17) is 5.11 Å². The molecule has 1 unspecified atom stereocenters. The summed E-state index contributed by atoms with van der Waals surface area (Å²) in [5.41, 5.74) is 0. The van der Waals surface area contributed by atoms with Crippen LogP contribution in [0.3, 0.4) is 0 Å². The number of aromatic amines is 1. The fraction of sp³-hybridized carbons (Fsp3) is 0.667. The fourth-order valence-corrected chi connectivity index (χ4v) is 1.65. The van der Waals surface area contributed by atoms with E-state index < -0.39 is 5.97 Å². The molecule has 3 N–H and O–H groups in total. The molecule has 1 atom stereocenters. The summed E-state index contributed by atoms with van der Waals surface area (Å²) in [4.78, 5) is 26.6. The highest BCUT2D eigenvalue weighted by Crippen LogP contribution is 2.07. The minimum Gasteiger partial charge on any atom is -0.481 e. The number of carboxylic acid groups (broad SMARTS) is 1. The van der Waals surface area contributed by atoms with Gasteiger partial charge in [0, 0.05) is 18.9 Å². The van der Waals surface area contributed by atoms with Gasteiger partial charge in [0.1, 0.15) is 5.82 Å². The Morgan fingerprint density at radius 3 is 2.58 bits per heavy atom. The molecule has 0 bridgehead atoms. The van der Waals surface area contributed by atoms with Crippen molar-refractivity contribution in [3.8, 4) is 0 Å². The number of aryl methyl sites for hydroxylation is 2. The van der Waals surface area contributed by atoms with Crippen molar-refractivity contribution in [2.75, 3.05) is 0 Å². The van der Waals surface area contributed by atoms with E-state index in [1.807, 2.05) is 13.8 Å². The van der Waals surface area contributed by atoms with E-state index in [0.29, 0.717) is 18.1 Å². The number of aromatic nitrogens is 3. The molecule has 1 aromatic rings. The van der Waals surface area contributed by atoms with Crippen LogP contribution in [-0.2, 0) is 16.0 Å². The molecule has 1 heterocycles. The third-order valence-electron chi connectivity index (χ3n) is 2.76. The minimum atomic E-state index is -0.913. The SMILES string of the molecule is Cc1nc(CCC(=O)NC(CC(=O)O)C(C)C)n[nH]1. The van der Waals surface area contributed by atoms with Gasteiger partial charge in [0.05, 0.1) is 6.42 Å². The van der Waals surface area contributed by atoms with Crippen molar-refractivity contribution in [2.45, 2.75) is 46.1 Å². The molecule has 0 saturated heterocycles. The molecule has 7 heteroatoms. The highest BCUT2D eigenvalue weighted by Gasteiger charge is 2.19. The second-order valence-corrected chi connectivity index (χ2v) is 4.85. The average molecular weight is 268 g/mol. The average Bonchev–Trinajstić information content (AvgIpc) is 2.71. The van der Waals surface area contributed by atoms with Crippen LogP contribution < -0.4 is 5.32 Å². The minimum absolute atomic E-state index is 0.0663. The van der Waals surface area contributed by atoms with Crippen LogP contribution in [0.4, 0.5) is 0 Å². The Kier molecular flexibility index (Phi) is 5.47. The lowest BCUT2D eigenvalue weighted by Crippen LogP contribution is -2.40. The number of nitrogens with one attached hydrogen (secondary N) is 2. The summed E-state index contributed by atoms with van der Waals surface area (Å²) >= 11 is 0. The van der Waals surface area contributed by atoms with E-state index >= 15 is 0 Å². The summed E-state index contributed by atoms with van der Waals surface area (Å²) in [7, 11) is 0. The normalized spacial score (nSPS) is 12.4. The maximum atomic E-state index is 11.7. The Hall–Kier alpha value is -1.92. The predicted molar refractivity (Wildman–Crippen MR) is 68.5 cm³/mol. The van der Waals surface area contributed by atoms with Crippen LogP contribution in [0.5, 0.6) is 0 Å². The zero-order chi connectivity index (χ0) is 14.4. The highest BCUT2D eigenvalue weighted by atomic mass is 16.4. The van der Waals surface area contributed by atoms with Gasteiger partial charge in [-0.3, -0.25) is 14.7 Å². The molecule has 19 heavy (non-hydrogen) atoms. The highest BCUT2D eigenvalue weighted by molar-refractivity contribution is 5.77. The number of hydrogen-bond donors (Lipinski definition) is 3. The van der Waals surface area contributed by atoms with Crippen molar-refractivity contribution in [3.63, 3.8) is 0 Å². The number of rotatable bonds is 7. The van der Waals surface area contributed by atoms with E-state index in [-0.39, 0.29) is 30.7 Å². The molecule has 0 aliphatic heterocycles. The Balaban J connectivity index is 2.42. The first kappa shape index (κ1) is 15.1. The summed E-state index contributed by atoms with van der Waals surface area (Å²) in [6.45, 7) is 5.55. The third kappa shape index (κ3) is 5.50. The quantitative estimate of drug-likeness (QED) is 0.673. The van der Waals surface area contributed by atoms with Gasteiger partial charge in [-0.05, 0) is 12.8 Å². The predicted octanol–water partition coefficient (Wildman–Crippen LogP) is 0.661. The zero-order valence-corrected chi connectivity index (χ0v) is 11.4. The van der Waals surface area contributed by atoms with Crippen LogP contribution >= 0.6 is 0 Å². The van der Waals surface area contributed by atoms with Gasteiger partial charge in [0.15, 0.2) is 5.82 Å². The van der Waals surface area contributed by atoms with Gasteiger partial charge >= 0.3 is 5.97 Å². The second-order valence-electron chi connectivity index (χ2n) is 4.85. The van der Waals surface area contributed by atoms with Crippen LogP contribution in [0.15, 0.2) is 0 Å². The van der Waals surface area contributed by atoms with Crippen molar-refractivity contribution >= 4 is 11.9 Å². The van der Waals surface area contributed by atoms with Gasteiger partial charge in [0.25, 0.3) is 0 Å². The molecular formula is C12H20N4O3. The maximum absolute atomic E-state index is 11.7. The maximum Gasteiger partial charge on any atom is 0.305 e. The smallest absolute Gasteiger partial charge is 0.305 e. The molecule has 0 aromatic carbocycles. The van der Waals surface area contributed by atoms with Crippen molar-refractivity contribution in [1.29, 1.82) is 0 Å². The lowest BCUT2D eigenvalue weighted by atomic mass is 10.0. The summed E-state index contributed by atoms with van der Waals surface area (Å²) in [5.74, 6) is 0.283. The van der Waals surface area contributed by atoms with Crippen molar-refractivity contribution in [1.82, 2.24) is 20.5 Å². The Bertz CT molecular complexity index is 442. The Labute approximate surface area is 111 Å². The molecule has 1 amide bonds. The monoisotopic (exact) mass is 268 g/mol. The number of aliphatic carboxylic acids is 1. The summed E-state index contributed by atoms with van der Waals surface area (Å²) in [6.07, 6.45) is 0.622. The molecule has 0 aliphatic carbocycles. The van der Waals surface area contributed by atoms with E-state index in [1.54, 1.807) is 6.92 Å². The van der Waals surface area contributed by atoms with E-state index in [2.05, 4.69) is 20.5 Å². The molecule has 1 rings (SSSR count). The van der Waals surface area contributed by atoms with Gasteiger partial charge in [-0.1, -0.05) is 13.8 Å². The molecule has 0 fully saturated rings. The Morgan fingerprint density at radius 2 is 2.11 bits per heavy atom. The van der Waals surface area contributed by atoms with Crippen LogP contribution in [0.2, 0.25) is 0 Å². The van der Waals surface area contributed by atoms with E-state index in [0.717, 1.165) is 0 Å². The number of carboxylic acids is 1. The molecule has 0 radical (unpaired) electrons. The van der Waals surface area contributed by atoms with Gasteiger partial charge in [-0.25, -0.2) is 4.98 Å². The van der Waals surface area contributed by atoms with Gasteiger partial charge in [-0.2, -0.15) is 5.10 Å². The molecule has 0 saturated carbocycles. The van der Waals surface area contributed by atoms with Crippen LogP contribution in [0, 0.1) is 12.8 Å². The molecule has 7 nitrogen and oxygen atoms in total. The first-order chi connectivity index (χ1) is 8.88. The topological polar surface area (TPSA) is 108 Å². The first-order valence-corrected chi connectivity index (χ1v) is 6.27. The van der Waals surface area contributed by atoms with Crippen molar-refractivity contribution < 1.29 is 14.7 Å².